The fraction of sp³-hybridized carbons (Fsp3) is 0.727. The summed E-state index contributed by atoms with van der Waals surface area (Å²) in [6.45, 7) is 1.93. The molecular formula is C11H19BrN4. The second-order valence-electron chi connectivity index (χ2n) is 4.75. The molecule has 4 nitrogen and oxygen atoms in total. The number of hydrogen-bond acceptors (Lipinski definition) is 3. The molecule has 90 valence electrons. The van der Waals surface area contributed by atoms with E-state index in [0.29, 0.717) is 12.0 Å². The normalized spacial score (nSPS) is 24.8. The van der Waals surface area contributed by atoms with Crippen LogP contribution >= 0.6 is 15.9 Å². The molecule has 2 unspecified atom stereocenters. The van der Waals surface area contributed by atoms with Crippen molar-refractivity contribution in [2.45, 2.75) is 31.3 Å². The Morgan fingerprint density at radius 1 is 1.56 bits per heavy atom. The van der Waals surface area contributed by atoms with Crippen molar-refractivity contribution in [1.29, 1.82) is 0 Å². The van der Waals surface area contributed by atoms with E-state index in [0.717, 1.165) is 24.0 Å². The summed E-state index contributed by atoms with van der Waals surface area (Å²) >= 11 is 3.57. The van der Waals surface area contributed by atoms with E-state index in [1.165, 1.54) is 12.1 Å². The Kier molecular flexibility index (Phi) is 3.66. The van der Waals surface area contributed by atoms with Crippen molar-refractivity contribution < 1.29 is 0 Å². The largest absolute Gasteiger partial charge is 0.327 e. The SMILES string of the molecule is CN(C)CCn1ncc(Br)c1C1CCC1N. The van der Waals surface area contributed by atoms with E-state index in [4.69, 9.17) is 5.73 Å². The van der Waals surface area contributed by atoms with Gasteiger partial charge in [-0.15, -0.1) is 0 Å². The maximum atomic E-state index is 6.04. The average molecular weight is 287 g/mol. The van der Waals surface area contributed by atoms with Gasteiger partial charge in [0.1, 0.15) is 0 Å². The van der Waals surface area contributed by atoms with E-state index in [-0.39, 0.29) is 0 Å². The van der Waals surface area contributed by atoms with Gasteiger partial charge in [0, 0.05) is 18.5 Å². The first-order chi connectivity index (χ1) is 7.59. The molecule has 1 aliphatic rings. The first-order valence-electron chi connectivity index (χ1n) is 5.71. The third kappa shape index (κ3) is 2.31. The van der Waals surface area contributed by atoms with Crippen molar-refractivity contribution in [3.63, 3.8) is 0 Å². The molecular weight excluding hydrogens is 268 g/mol. The van der Waals surface area contributed by atoms with Crippen LogP contribution in [0.2, 0.25) is 0 Å². The van der Waals surface area contributed by atoms with E-state index in [9.17, 15) is 0 Å². The molecule has 0 aliphatic heterocycles. The number of rotatable bonds is 4. The zero-order valence-electron chi connectivity index (χ0n) is 9.86. The second-order valence-corrected chi connectivity index (χ2v) is 5.61. The minimum Gasteiger partial charge on any atom is -0.327 e. The monoisotopic (exact) mass is 286 g/mol. The summed E-state index contributed by atoms with van der Waals surface area (Å²) in [5, 5.41) is 4.41. The molecule has 0 amide bonds. The molecule has 5 heteroatoms. The maximum absolute atomic E-state index is 6.04. The van der Waals surface area contributed by atoms with E-state index >= 15 is 0 Å². The number of nitrogens with zero attached hydrogens (tertiary/aromatic N) is 3. The molecule has 1 aliphatic carbocycles. The summed E-state index contributed by atoms with van der Waals surface area (Å²) < 4.78 is 3.19. The summed E-state index contributed by atoms with van der Waals surface area (Å²) in [4.78, 5) is 2.17. The fourth-order valence-electron chi connectivity index (χ4n) is 2.08. The number of hydrogen-bond donors (Lipinski definition) is 1. The van der Waals surface area contributed by atoms with Gasteiger partial charge in [-0.3, -0.25) is 4.68 Å². The summed E-state index contributed by atoms with van der Waals surface area (Å²) in [5.41, 5.74) is 7.31. The predicted octanol–water partition coefficient (Wildman–Crippen LogP) is 1.41. The number of halogens is 1. The molecule has 0 radical (unpaired) electrons. The summed E-state index contributed by atoms with van der Waals surface area (Å²) in [7, 11) is 4.15. The van der Waals surface area contributed by atoms with Gasteiger partial charge in [0.25, 0.3) is 0 Å². The van der Waals surface area contributed by atoms with Gasteiger partial charge in [0.15, 0.2) is 0 Å². The van der Waals surface area contributed by atoms with E-state index in [1.54, 1.807) is 0 Å². The highest BCUT2D eigenvalue weighted by molar-refractivity contribution is 9.10. The van der Waals surface area contributed by atoms with Crippen LogP contribution in [-0.4, -0.2) is 41.4 Å². The van der Waals surface area contributed by atoms with Crippen molar-refractivity contribution >= 4 is 15.9 Å². The zero-order valence-corrected chi connectivity index (χ0v) is 11.4. The molecule has 1 aromatic heterocycles. The highest BCUT2D eigenvalue weighted by atomic mass is 79.9. The van der Waals surface area contributed by atoms with Crippen molar-refractivity contribution in [2.75, 3.05) is 20.6 Å². The van der Waals surface area contributed by atoms with Crippen molar-refractivity contribution in [1.82, 2.24) is 14.7 Å². The average Bonchev–Trinajstić information content (AvgIpc) is 2.56. The molecule has 0 aromatic carbocycles. The van der Waals surface area contributed by atoms with Crippen LogP contribution in [-0.2, 0) is 6.54 Å². The Balaban J connectivity index is 2.12. The minimum atomic E-state index is 0.311. The number of nitrogens with two attached hydrogens (primary N) is 1. The van der Waals surface area contributed by atoms with Crippen LogP contribution in [0.5, 0.6) is 0 Å². The Morgan fingerprint density at radius 3 is 2.81 bits per heavy atom. The first-order valence-corrected chi connectivity index (χ1v) is 6.50. The van der Waals surface area contributed by atoms with Crippen LogP contribution in [0.25, 0.3) is 0 Å². The van der Waals surface area contributed by atoms with E-state index < -0.39 is 0 Å². The van der Waals surface area contributed by atoms with Crippen LogP contribution in [0, 0.1) is 0 Å². The molecule has 0 saturated heterocycles. The van der Waals surface area contributed by atoms with E-state index in [1.807, 2.05) is 6.20 Å². The second kappa shape index (κ2) is 4.85. The van der Waals surface area contributed by atoms with Crippen LogP contribution in [0.1, 0.15) is 24.5 Å². The Labute approximate surface area is 105 Å². The van der Waals surface area contributed by atoms with Gasteiger partial charge in [0.05, 0.1) is 22.9 Å². The topological polar surface area (TPSA) is 47.1 Å². The molecule has 0 spiro atoms. The van der Waals surface area contributed by atoms with Gasteiger partial charge in [-0.1, -0.05) is 0 Å². The zero-order chi connectivity index (χ0) is 11.7. The summed E-state index contributed by atoms with van der Waals surface area (Å²) in [6.07, 6.45) is 4.21. The standard InChI is InChI=1S/C11H19BrN4/c1-15(2)5-6-16-11(9(12)7-14-16)8-3-4-10(8)13/h7-8,10H,3-6,13H2,1-2H3. The van der Waals surface area contributed by atoms with Gasteiger partial charge in [-0.2, -0.15) is 5.10 Å². The highest BCUT2D eigenvalue weighted by Crippen LogP contribution is 2.38. The molecule has 1 saturated carbocycles. The number of aromatic nitrogens is 2. The summed E-state index contributed by atoms with van der Waals surface area (Å²) in [5.74, 6) is 0.485. The van der Waals surface area contributed by atoms with E-state index in [2.05, 4.69) is 44.7 Å². The minimum absolute atomic E-state index is 0.311. The molecule has 2 N–H and O–H groups in total. The van der Waals surface area contributed by atoms with Gasteiger partial charge in [-0.05, 0) is 42.9 Å². The Hall–Kier alpha value is -0.390. The van der Waals surface area contributed by atoms with Gasteiger partial charge in [0.2, 0.25) is 0 Å². The van der Waals surface area contributed by atoms with Gasteiger partial charge < -0.3 is 10.6 Å². The smallest absolute Gasteiger partial charge is 0.0635 e. The molecule has 1 aromatic rings. The predicted molar refractivity (Wildman–Crippen MR) is 68.4 cm³/mol. The summed E-state index contributed by atoms with van der Waals surface area (Å²) in [6, 6.07) is 0.311. The molecule has 1 heterocycles. The number of likely N-dealkylation sites (N-methyl/N-ethyl adjacent to an activating group) is 1. The lowest BCUT2D eigenvalue weighted by molar-refractivity contribution is 0.312. The van der Waals surface area contributed by atoms with Crippen molar-refractivity contribution in [3.05, 3.63) is 16.4 Å². The molecule has 1 fully saturated rings. The maximum Gasteiger partial charge on any atom is 0.0635 e. The van der Waals surface area contributed by atoms with Gasteiger partial charge >= 0.3 is 0 Å². The van der Waals surface area contributed by atoms with Gasteiger partial charge in [-0.25, -0.2) is 0 Å². The Morgan fingerprint density at radius 2 is 2.31 bits per heavy atom. The first kappa shape index (κ1) is 12.1. The molecule has 2 rings (SSSR count). The molecule has 2 atom stereocenters. The van der Waals surface area contributed by atoms with Crippen LogP contribution in [0.15, 0.2) is 10.7 Å². The third-order valence-electron chi connectivity index (χ3n) is 3.27. The lowest BCUT2D eigenvalue weighted by Gasteiger charge is -2.34. The van der Waals surface area contributed by atoms with Crippen molar-refractivity contribution in [2.24, 2.45) is 5.73 Å². The lowest BCUT2D eigenvalue weighted by Crippen LogP contribution is -2.39. The Bertz CT molecular complexity index is 361. The highest BCUT2D eigenvalue weighted by Gasteiger charge is 2.33. The van der Waals surface area contributed by atoms with Crippen LogP contribution in [0.3, 0.4) is 0 Å². The van der Waals surface area contributed by atoms with Crippen molar-refractivity contribution in [3.8, 4) is 0 Å². The van der Waals surface area contributed by atoms with Crippen LogP contribution in [0.4, 0.5) is 0 Å². The fourth-order valence-corrected chi connectivity index (χ4v) is 2.67. The third-order valence-corrected chi connectivity index (χ3v) is 3.88. The lowest BCUT2D eigenvalue weighted by atomic mass is 9.78. The quantitative estimate of drug-likeness (QED) is 0.911. The molecule has 0 bridgehead atoms. The molecule has 16 heavy (non-hydrogen) atoms. The van der Waals surface area contributed by atoms with Crippen LogP contribution < -0.4 is 5.73 Å².